The maximum absolute atomic E-state index is 12.3. The van der Waals surface area contributed by atoms with Crippen LogP contribution in [-0.4, -0.2) is 28.3 Å². The number of hydrogen-bond acceptors (Lipinski definition) is 3. The Morgan fingerprint density at radius 1 is 0.950 bits per heavy atom. The Labute approximate surface area is 125 Å². The third-order valence-corrected chi connectivity index (χ3v) is 3.75. The van der Waals surface area contributed by atoms with Gasteiger partial charge in [0, 0.05) is 35.4 Å². The first-order valence-corrected chi connectivity index (χ1v) is 7.45. The van der Waals surface area contributed by atoms with E-state index in [0.29, 0.717) is 16.7 Å². The highest BCUT2D eigenvalue weighted by molar-refractivity contribution is 9.09. The van der Waals surface area contributed by atoms with Crippen molar-refractivity contribution in [1.29, 1.82) is 0 Å². The van der Waals surface area contributed by atoms with Crippen LogP contribution in [0, 0.1) is 0 Å². The predicted molar refractivity (Wildman–Crippen MR) is 80.9 cm³/mol. The first-order chi connectivity index (χ1) is 9.72. The number of rotatable bonds is 2. The molecule has 2 aliphatic rings. The number of halogens is 1. The van der Waals surface area contributed by atoms with E-state index in [1.807, 2.05) is 29.5 Å². The van der Waals surface area contributed by atoms with Gasteiger partial charge in [-0.05, 0) is 17.7 Å². The van der Waals surface area contributed by atoms with Gasteiger partial charge in [-0.25, -0.2) is 0 Å². The molecule has 0 amide bonds. The van der Waals surface area contributed by atoms with Gasteiger partial charge < -0.3 is 4.90 Å². The Morgan fingerprint density at radius 2 is 1.50 bits per heavy atom. The summed E-state index contributed by atoms with van der Waals surface area (Å²) >= 11 is 3.38. The molecule has 0 radical (unpaired) electrons. The summed E-state index contributed by atoms with van der Waals surface area (Å²) in [5, 5.41) is 0.858. The Morgan fingerprint density at radius 3 is 2.00 bits per heavy atom. The van der Waals surface area contributed by atoms with E-state index in [0.717, 1.165) is 11.9 Å². The van der Waals surface area contributed by atoms with Crippen molar-refractivity contribution in [1.82, 2.24) is 4.90 Å². The number of ketones is 2. The van der Waals surface area contributed by atoms with E-state index in [2.05, 4.69) is 15.9 Å². The fraction of sp³-hybridized carbons (Fsp3) is 0.125. The Balaban J connectivity index is 2.00. The molecule has 3 rings (SSSR count). The predicted octanol–water partition coefficient (Wildman–Crippen LogP) is 3.10. The minimum absolute atomic E-state index is 0.177. The average molecular weight is 330 g/mol. The molecule has 0 N–H and O–H groups in total. The van der Waals surface area contributed by atoms with E-state index in [4.69, 9.17) is 0 Å². The summed E-state index contributed by atoms with van der Waals surface area (Å²) < 4.78 is 0. The highest BCUT2D eigenvalue weighted by Gasteiger charge is 2.34. The minimum atomic E-state index is -0.177. The summed E-state index contributed by atoms with van der Waals surface area (Å²) in [6, 6.07) is 6.97. The molecule has 1 aromatic rings. The molecule has 4 heteroatoms. The second-order valence-corrected chi connectivity index (χ2v) is 5.39. The van der Waals surface area contributed by atoms with Gasteiger partial charge in [0.15, 0.2) is 11.6 Å². The summed E-state index contributed by atoms with van der Waals surface area (Å²) in [6.45, 7) is 0.845. The first kappa shape index (κ1) is 13.1. The van der Waals surface area contributed by atoms with Crippen molar-refractivity contribution < 1.29 is 9.59 Å². The summed E-state index contributed by atoms with van der Waals surface area (Å²) in [6.07, 6.45) is 7.40. The lowest BCUT2D eigenvalue weighted by molar-refractivity contribution is 0.0988. The molecule has 20 heavy (non-hydrogen) atoms. The SMILES string of the molecule is O=C1C(=C2C=CN(CCBr)C=C2)C(=O)c2ccccc21. The second kappa shape index (κ2) is 5.21. The molecule has 0 fully saturated rings. The van der Waals surface area contributed by atoms with E-state index in [9.17, 15) is 9.59 Å². The van der Waals surface area contributed by atoms with Gasteiger partial charge in [-0.2, -0.15) is 0 Å². The molecule has 0 spiro atoms. The van der Waals surface area contributed by atoms with Crippen molar-refractivity contribution in [3.63, 3.8) is 0 Å². The van der Waals surface area contributed by atoms with Crippen LogP contribution in [0.2, 0.25) is 0 Å². The molecule has 1 aliphatic carbocycles. The quantitative estimate of drug-likeness (QED) is 0.475. The Hall–Kier alpha value is -1.94. The summed E-state index contributed by atoms with van der Waals surface area (Å²) in [5.74, 6) is -0.354. The van der Waals surface area contributed by atoms with Crippen molar-refractivity contribution in [2.75, 3.05) is 11.9 Å². The molecule has 0 unspecified atom stereocenters. The zero-order chi connectivity index (χ0) is 14.1. The van der Waals surface area contributed by atoms with E-state index in [-0.39, 0.29) is 17.1 Å². The van der Waals surface area contributed by atoms with Crippen molar-refractivity contribution in [3.05, 3.63) is 71.1 Å². The fourth-order valence-corrected chi connectivity index (χ4v) is 2.79. The van der Waals surface area contributed by atoms with Crippen molar-refractivity contribution in [3.8, 4) is 0 Å². The van der Waals surface area contributed by atoms with Gasteiger partial charge >= 0.3 is 0 Å². The molecule has 1 aliphatic heterocycles. The molecule has 0 aromatic heterocycles. The van der Waals surface area contributed by atoms with Crippen LogP contribution < -0.4 is 0 Å². The molecule has 0 atom stereocenters. The van der Waals surface area contributed by atoms with Gasteiger partial charge in [0.2, 0.25) is 0 Å². The highest BCUT2D eigenvalue weighted by atomic mass is 79.9. The van der Waals surface area contributed by atoms with Crippen LogP contribution in [-0.2, 0) is 0 Å². The number of hydrogen-bond donors (Lipinski definition) is 0. The third kappa shape index (κ3) is 2.06. The van der Waals surface area contributed by atoms with Crippen molar-refractivity contribution in [2.24, 2.45) is 0 Å². The maximum Gasteiger partial charge on any atom is 0.198 e. The molecule has 1 aromatic carbocycles. The molecule has 3 nitrogen and oxygen atoms in total. The van der Waals surface area contributed by atoms with Gasteiger partial charge in [0.1, 0.15) is 0 Å². The lowest BCUT2D eigenvalue weighted by Crippen LogP contribution is -2.15. The Kier molecular flexibility index (Phi) is 3.40. The molecule has 1 heterocycles. The molecular weight excluding hydrogens is 318 g/mol. The third-order valence-electron chi connectivity index (χ3n) is 3.39. The fourth-order valence-electron chi connectivity index (χ4n) is 2.38. The van der Waals surface area contributed by atoms with Crippen molar-refractivity contribution >= 4 is 27.5 Å². The Bertz CT molecular complexity index is 632. The van der Waals surface area contributed by atoms with Crippen LogP contribution in [0.25, 0.3) is 0 Å². The van der Waals surface area contributed by atoms with Gasteiger partial charge in [-0.3, -0.25) is 9.59 Å². The summed E-state index contributed by atoms with van der Waals surface area (Å²) in [5.41, 5.74) is 1.97. The summed E-state index contributed by atoms with van der Waals surface area (Å²) in [7, 11) is 0. The normalized spacial score (nSPS) is 17.1. The van der Waals surface area contributed by atoms with Gasteiger partial charge in [0.05, 0.1) is 5.57 Å². The number of alkyl halides is 1. The zero-order valence-corrected chi connectivity index (χ0v) is 12.3. The van der Waals surface area contributed by atoms with Gasteiger partial charge in [-0.15, -0.1) is 0 Å². The number of nitrogens with zero attached hydrogens (tertiary/aromatic N) is 1. The largest absolute Gasteiger partial charge is 0.353 e. The molecule has 0 saturated carbocycles. The van der Waals surface area contributed by atoms with Crippen LogP contribution in [0.3, 0.4) is 0 Å². The van der Waals surface area contributed by atoms with E-state index >= 15 is 0 Å². The van der Waals surface area contributed by atoms with Crippen LogP contribution in [0.15, 0.2) is 60.0 Å². The van der Waals surface area contributed by atoms with Gasteiger partial charge in [0.25, 0.3) is 0 Å². The summed E-state index contributed by atoms with van der Waals surface area (Å²) in [4.78, 5) is 26.7. The highest BCUT2D eigenvalue weighted by Crippen LogP contribution is 2.30. The molecular formula is C16H12BrNO2. The minimum Gasteiger partial charge on any atom is -0.353 e. The van der Waals surface area contributed by atoms with Crippen LogP contribution in [0.5, 0.6) is 0 Å². The lowest BCUT2D eigenvalue weighted by Gasteiger charge is -2.17. The number of Topliss-reactive ketones (excluding diaryl/α,β-unsaturated/α-hetero) is 2. The topological polar surface area (TPSA) is 37.4 Å². The van der Waals surface area contributed by atoms with Crippen LogP contribution in [0.1, 0.15) is 20.7 Å². The number of carbonyl (C=O) groups is 2. The number of fused-ring (bicyclic) bond motifs is 1. The van der Waals surface area contributed by atoms with Crippen LogP contribution in [0.4, 0.5) is 0 Å². The molecule has 0 saturated heterocycles. The van der Waals surface area contributed by atoms with Gasteiger partial charge in [-0.1, -0.05) is 40.2 Å². The maximum atomic E-state index is 12.3. The molecule has 100 valence electrons. The molecule has 0 bridgehead atoms. The van der Waals surface area contributed by atoms with E-state index in [1.165, 1.54) is 0 Å². The van der Waals surface area contributed by atoms with Crippen molar-refractivity contribution in [2.45, 2.75) is 0 Å². The number of benzene rings is 1. The van der Waals surface area contributed by atoms with E-state index < -0.39 is 0 Å². The number of carbonyl (C=O) groups excluding carboxylic acids is 2. The second-order valence-electron chi connectivity index (χ2n) is 4.59. The average Bonchev–Trinajstić information content (AvgIpc) is 2.73. The zero-order valence-electron chi connectivity index (χ0n) is 10.7. The monoisotopic (exact) mass is 329 g/mol. The first-order valence-electron chi connectivity index (χ1n) is 6.33. The number of allylic oxidation sites excluding steroid dienone is 4. The van der Waals surface area contributed by atoms with E-state index in [1.54, 1.807) is 24.3 Å². The smallest absolute Gasteiger partial charge is 0.198 e. The standard InChI is InChI=1S/C16H12BrNO2/c17-7-10-18-8-5-11(6-9-18)14-15(19)12-3-1-2-4-13(12)16(14)20/h1-6,8-9H,7,10H2. The lowest BCUT2D eigenvalue weighted by atomic mass is 10.0. The van der Waals surface area contributed by atoms with Crippen LogP contribution >= 0.6 is 15.9 Å².